The minimum atomic E-state index is -1.48. The van der Waals surface area contributed by atoms with Crippen LogP contribution >= 0.6 is 11.6 Å². The van der Waals surface area contributed by atoms with Gasteiger partial charge in [-0.1, -0.05) is 29.3 Å². The van der Waals surface area contributed by atoms with Crippen LogP contribution in [-0.2, 0) is 19.2 Å². The maximum absolute atomic E-state index is 14.7. The van der Waals surface area contributed by atoms with Gasteiger partial charge >= 0.3 is 6.03 Å². The molecular formula is C28H22ClF2N3O6. The fourth-order valence-electron chi connectivity index (χ4n) is 7.19. The Bertz CT molecular complexity index is 1590. The second-order valence-corrected chi connectivity index (χ2v) is 11.2. The molecule has 2 aliphatic carbocycles. The first-order valence-corrected chi connectivity index (χ1v) is 12.9. The van der Waals surface area contributed by atoms with Crippen LogP contribution in [0.4, 0.5) is 19.3 Å². The van der Waals surface area contributed by atoms with Crippen LogP contribution in [0.25, 0.3) is 0 Å². The number of imide groups is 4. The van der Waals surface area contributed by atoms with E-state index < -0.39 is 82.0 Å². The van der Waals surface area contributed by atoms with Crippen molar-refractivity contribution >= 4 is 46.9 Å². The van der Waals surface area contributed by atoms with Gasteiger partial charge in [-0.15, -0.1) is 0 Å². The number of urea groups is 1. The molecule has 12 heteroatoms. The molecule has 4 aliphatic rings. The Morgan fingerprint density at radius 1 is 1.02 bits per heavy atom. The number of hydrogen-bond acceptors (Lipinski definition) is 6. The zero-order valence-corrected chi connectivity index (χ0v) is 21.7. The number of rotatable bonds is 2. The van der Waals surface area contributed by atoms with Crippen molar-refractivity contribution < 1.29 is 37.9 Å². The number of aromatic hydroxyl groups is 1. The van der Waals surface area contributed by atoms with E-state index in [-0.39, 0.29) is 29.1 Å². The molecule has 0 aromatic heterocycles. The third-order valence-electron chi connectivity index (χ3n) is 8.96. The summed E-state index contributed by atoms with van der Waals surface area (Å²) in [6, 6.07) is 5.89. The largest absolute Gasteiger partial charge is 0.505 e. The normalized spacial score (nSPS) is 31.2. The minimum absolute atomic E-state index is 0.0117. The monoisotopic (exact) mass is 569 g/mol. The lowest BCUT2D eigenvalue weighted by molar-refractivity contribution is -0.136. The summed E-state index contributed by atoms with van der Waals surface area (Å²) in [5.41, 5.74) is 4.72. The zero-order valence-electron chi connectivity index (χ0n) is 20.9. The Hall–Kier alpha value is -4.12. The molecule has 2 aromatic rings. The number of fused-ring (bicyclic) bond motifs is 4. The third-order valence-corrected chi connectivity index (χ3v) is 9.25. The minimum Gasteiger partial charge on any atom is -0.505 e. The number of nitrogens with two attached hydrogens (primary N) is 1. The fourth-order valence-corrected chi connectivity index (χ4v) is 7.36. The zero-order chi connectivity index (χ0) is 28.8. The predicted molar refractivity (Wildman–Crippen MR) is 136 cm³/mol. The van der Waals surface area contributed by atoms with Crippen molar-refractivity contribution in [2.75, 3.05) is 4.90 Å². The molecule has 2 aromatic carbocycles. The average molecular weight is 570 g/mol. The Morgan fingerprint density at radius 2 is 1.75 bits per heavy atom. The lowest BCUT2D eigenvalue weighted by Gasteiger charge is -2.49. The number of hydrogen-bond donors (Lipinski definition) is 2. The molecular weight excluding hydrogens is 548 g/mol. The average Bonchev–Trinajstić information content (AvgIpc) is 3.27. The number of carbonyl (C=O) groups excluding carboxylic acids is 5. The van der Waals surface area contributed by atoms with E-state index in [0.29, 0.717) is 10.5 Å². The fraction of sp³-hybridized carbons (Fsp3) is 0.321. The Morgan fingerprint density at radius 3 is 2.40 bits per heavy atom. The van der Waals surface area contributed by atoms with Gasteiger partial charge in [-0.2, -0.15) is 4.90 Å². The summed E-state index contributed by atoms with van der Waals surface area (Å²) in [5.74, 6) is -9.65. The van der Waals surface area contributed by atoms with Crippen LogP contribution in [0, 0.1) is 40.7 Å². The quantitative estimate of drug-likeness (QED) is 0.418. The molecule has 6 atom stereocenters. The molecule has 6 rings (SSSR count). The molecule has 2 heterocycles. The first kappa shape index (κ1) is 26.1. The van der Waals surface area contributed by atoms with Crippen LogP contribution in [0.5, 0.6) is 5.75 Å². The molecule has 40 heavy (non-hydrogen) atoms. The molecule has 3 fully saturated rings. The van der Waals surface area contributed by atoms with E-state index in [1.807, 2.05) is 0 Å². The summed E-state index contributed by atoms with van der Waals surface area (Å²) < 4.78 is 28.6. The second kappa shape index (κ2) is 8.69. The molecule has 9 nitrogen and oxygen atoms in total. The summed E-state index contributed by atoms with van der Waals surface area (Å²) >= 11 is 5.95. The van der Waals surface area contributed by atoms with Gasteiger partial charge in [0.15, 0.2) is 11.6 Å². The number of halogens is 3. The van der Waals surface area contributed by atoms with Gasteiger partial charge in [0.25, 0.3) is 0 Å². The standard InChI is InChI=1S/C28H22ClF2N3O6/c1-28-16(24(37)33(26(28)39)12-3-6-18(30)17(29)9-12)10-15-13(22(28)11-2-7-20(35)19(31)8-11)4-5-14-21(15)25(38)34(23(14)36)27(32)40/h2-4,6-9,14-16,21-22,35H,5,10H2,1H3,(H2,32,40). The smallest absolute Gasteiger partial charge is 0.328 e. The lowest BCUT2D eigenvalue weighted by Crippen LogP contribution is -2.49. The van der Waals surface area contributed by atoms with E-state index in [1.165, 1.54) is 12.1 Å². The van der Waals surface area contributed by atoms with Gasteiger partial charge in [-0.05, 0) is 61.6 Å². The van der Waals surface area contributed by atoms with Crippen LogP contribution in [0.15, 0.2) is 48.0 Å². The first-order valence-electron chi connectivity index (χ1n) is 12.6. The number of phenolic OH excluding ortho intramolecular Hbond substituents is 1. The molecule has 3 N–H and O–H groups in total. The van der Waals surface area contributed by atoms with E-state index in [9.17, 15) is 37.9 Å². The predicted octanol–water partition coefficient (Wildman–Crippen LogP) is 3.63. The highest BCUT2D eigenvalue weighted by atomic mass is 35.5. The van der Waals surface area contributed by atoms with Crippen molar-refractivity contribution in [1.82, 2.24) is 4.90 Å². The number of likely N-dealkylation sites (tertiary alicyclic amines) is 1. The van der Waals surface area contributed by atoms with Gasteiger partial charge < -0.3 is 10.8 Å². The summed E-state index contributed by atoms with van der Waals surface area (Å²) in [6.07, 6.45) is 1.78. The van der Waals surface area contributed by atoms with Crippen molar-refractivity contribution in [2.45, 2.75) is 25.7 Å². The number of nitrogens with zero attached hydrogens (tertiary/aromatic N) is 2. The van der Waals surface area contributed by atoms with Gasteiger partial charge in [-0.25, -0.2) is 18.5 Å². The molecule has 2 saturated heterocycles. The van der Waals surface area contributed by atoms with Crippen molar-refractivity contribution in [1.29, 1.82) is 0 Å². The van der Waals surface area contributed by atoms with Crippen molar-refractivity contribution in [3.8, 4) is 5.75 Å². The number of amides is 6. The van der Waals surface area contributed by atoms with Crippen LogP contribution in [0.3, 0.4) is 0 Å². The van der Waals surface area contributed by atoms with Crippen LogP contribution in [-0.4, -0.2) is 39.7 Å². The first-order chi connectivity index (χ1) is 18.9. The number of primary amides is 1. The molecule has 6 unspecified atom stereocenters. The highest BCUT2D eigenvalue weighted by molar-refractivity contribution is 6.31. The molecule has 0 radical (unpaired) electrons. The summed E-state index contributed by atoms with van der Waals surface area (Å²) in [7, 11) is 0. The molecule has 206 valence electrons. The Labute approximate surface area is 231 Å². The van der Waals surface area contributed by atoms with Gasteiger partial charge in [0.05, 0.1) is 33.9 Å². The van der Waals surface area contributed by atoms with Crippen LogP contribution < -0.4 is 10.6 Å². The van der Waals surface area contributed by atoms with Gasteiger partial charge in [0, 0.05) is 5.92 Å². The van der Waals surface area contributed by atoms with Gasteiger partial charge in [-0.3, -0.25) is 19.2 Å². The Kier molecular flexibility index (Phi) is 5.67. The molecule has 1 saturated carbocycles. The SMILES string of the molecule is CC12C(=O)N(c3ccc(F)c(Cl)c3)C(=O)C1CC1C(=CCC3C(=O)N(C(N)=O)C(=O)C31)C2c1ccc(O)c(F)c1. The number of phenols is 1. The summed E-state index contributed by atoms with van der Waals surface area (Å²) in [4.78, 5) is 67.7. The number of carbonyl (C=O) groups is 5. The molecule has 6 amide bonds. The maximum atomic E-state index is 14.7. The van der Waals surface area contributed by atoms with Crippen molar-refractivity contribution in [2.24, 2.45) is 34.8 Å². The molecule has 0 spiro atoms. The van der Waals surface area contributed by atoms with E-state index in [2.05, 4.69) is 0 Å². The Balaban J connectivity index is 1.53. The second-order valence-electron chi connectivity index (χ2n) is 10.8. The van der Waals surface area contributed by atoms with Gasteiger partial charge in [0.1, 0.15) is 5.82 Å². The maximum Gasteiger partial charge on any atom is 0.328 e. The highest BCUT2D eigenvalue weighted by Gasteiger charge is 2.68. The number of anilines is 1. The lowest BCUT2D eigenvalue weighted by atomic mass is 9.51. The van der Waals surface area contributed by atoms with E-state index in [1.54, 1.807) is 13.0 Å². The van der Waals surface area contributed by atoms with E-state index in [0.717, 1.165) is 29.2 Å². The summed E-state index contributed by atoms with van der Waals surface area (Å²) in [6.45, 7) is 1.58. The molecule has 2 aliphatic heterocycles. The van der Waals surface area contributed by atoms with E-state index >= 15 is 0 Å². The van der Waals surface area contributed by atoms with Crippen LogP contribution in [0.2, 0.25) is 5.02 Å². The highest BCUT2D eigenvalue weighted by Crippen LogP contribution is 2.63. The molecule has 0 bridgehead atoms. The number of benzene rings is 2. The summed E-state index contributed by atoms with van der Waals surface area (Å²) in [5, 5.41) is 9.54. The van der Waals surface area contributed by atoms with E-state index in [4.69, 9.17) is 17.3 Å². The van der Waals surface area contributed by atoms with Crippen molar-refractivity contribution in [3.63, 3.8) is 0 Å². The topological polar surface area (TPSA) is 138 Å². The third kappa shape index (κ3) is 3.33. The van der Waals surface area contributed by atoms with Crippen molar-refractivity contribution in [3.05, 3.63) is 70.3 Å². The van der Waals surface area contributed by atoms with Gasteiger partial charge in [0.2, 0.25) is 23.6 Å². The number of allylic oxidation sites excluding steroid dienone is 2. The van der Waals surface area contributed by atoms with Crippen LogP contribution in [0.1, 0.15) is 31.2 Å².